The van der Waals surface area contributed by atoms with Crippen molar-refractivity contribution in [3.05, 3.63) is 74.5 Å². The Kier molecular flexibility index (Phi) is 7.85. The van der Waals surface area contributed by atoms with E-state index >= 15 is 0 Å². The maximum atomic E-state index is 13.5. The number of aliphatic carboxylic acids is 1. The summed E-state index contributed by atoms with van der Waals surface area (Å²) in [5, 5.41) is 8.78. The van der Waals surface area contributed by atoms with Gasteiger partial charge in [0.15, 0.2) is 0 Å². The molecule has 0 aliphatic carbocycles. The molecule has 1 fully saturated rings. The number of thiocarbonyl (C=S) groups is 1. The summed E-state index contributed by atoms with van der Waals surface area (Å²) in [6.45, 7) is 4.15. The average Bonchev–Trinajstić information content (AvgIpc) is 3.10. The minimum atomic E-state index is -0.835. The summed E-state index contributed by atoms with van der Waals surface area (Å²) in [4.78, 5) is 43.8. The SMILES string of the molecule is Cc1ccccc1Oc1nc2c(C)cccn2c(=O)c1/C=C1/SC(=S)N(CCCCCC(=O)O)C1=O. The molecule has 8 nitrogen and oxygen atoms in total. The fourth-order valence-corrected chi connectivity index (χ4v) is 5.11. The first-order valence-electron chi connectivity index (χ1n) is 11.5. The lowest BCUT2D eigenvalue weighted by Gasteiger charge is -2.14. The van der Waals surface area contributed by atoms with Crippen LogP contribution in [-0.4, -0.2) is 42.1 Å². The zero-order valence-corrected chi connectivity index (χ0v) is 21.5. The first-order valence-corrected chi connectivity index (χ1v) is 12.7. The van der Waals surface area contributed by atoms with Crippen molar-refractivity contribution >= 4 is 51.9 Å². The molecule has 4 rings (SSSR count). The molecular formula is C26H25N3O5S2. The molecule has 0 radical (unpaired) electrons. The Balaban J connectivity index is 1.68. The largest absolute Gasteiger partial charge is 0.481 e. The predicted molar refractivity (Wildman–Crippen MR) is 143 cm³/mol. The number of amides is 1. The van der Waals surface area contributed by atoms with Crippen LogP contribution in [0.5, 0.6) is 11.6 Å². The number of carbonyl (C=O) groups is 2. The quantitative estimate of drug-likeness (QED) is 0.239. The van der Waals surface area contributed by atoms with E-state index in [1.165, 1.54) is 15.4 Å². The number of carboxylic acid groups (broad SMARTS) is 1. The molecule has 1 saturated heterocycles. The van der Waals surface area contributed by atoms with Gasteiger partial charge in [-0.1, -0.05) is 54.7 Å². The number of ether oxygens (including phenoxy) is 1. The van der Waals surface area contributed by atoms with Crippen LogP contribution in [0.2, 0.25) is 0 Å². The Hall–Kier alpha value is -3.50. The van der Waals surface area contributed by atoms with Crippen molar-refractivity contribution in [2.45, 2.75) is 39.5 Å². The van der Waals surface area contributed by atoms with E-state index in [9.17, 15) is 14.4 Å². The minimum Gasteiger partial charge on any atom is -0.481 e. The Morgan fingerprint density at radius 3 is 2.61 bits per heavy atom. The highest BCUT2D eigenvalue weighted by atomic mass is 32.2. The number of thioether (sulfide) groups is 1. The van der Waals surface area contributed by atoms with Gasteiger partial charge >= 0.3 is 5.97 Å². The van der Waals surface area contributed by atoms with E-state index in [1.807, 2.05) is 38.1 Å². The topological polar surface area (TPSA) is 101 Å². The molecule has 36 heavy (non-hydrogen) atoms. The second-order valence-corrected chi connectivity index (χ2v) is 10.1. The van der Waals surface area contributed by atoms with Crippen LogP contribution < -0.4 is 10.3 Å². The first kappa shape index (κ1) is 25.6. The van der Waals surface area contributed by atoms with Gasteiger partial charge in [0.2, 0.25) is 5.88 Å². The fourth-order valence-electron chi connectivity index (χ4n) is 3.82. The summed E-state index contributed by atoms with van der Waals surface area (Å²) >= 11 is 6.54. The van der Waals surface area contributed by atoms with E-state index in [0.29, 0.717) is 46.4 Å². The zero-order valence-electron chi connectivity index (χ0n) is 19.9. The molecule has 0 saturated carbocycles. The smallest absolute Gasteiger partial charge is 0.303 e. The Labute approximate surface area is 217 Å². The van der Waals surface area contributed by atoms with Crippen LogP contribution in [0.25, 0.3) is 11.7 Å². The molecule has 1 aliphatic rings. The van der Waals surface area contributed by atoms with Crippen LogP contribution in [0, 0.1) is 13.8 Å². The van der Waals surface area contributed by atoms with E-state index in [2.05, 4.69) is 4.98 Å². The maximum absolute atomic E-state index is 13.5. The van der Waals surface area contributed by atoms with Crippen LogP contribution in [-0.2, 0) is 9.59 Å². The summed E-state index contributed by atoms with van der Waals surface area (Å²) < 4.78 is 7.95. The number of aryl methyl sites for hydroxylation is 2. The lowest BCUT2D eigenvalue weighted by atomic mass is 10.2. The second-order valence-electron chi connectivity index (χ2n) is 8.43. The molecular weight excluding hydrogens is 498 g/mol. The number of para-hydroxylation sites is 1. The Morgan fingerprint density at radius 1 is 1.11 bits per heavy atom. The van der Waals surface area contributed by atoms with Gasteiger partial charge in [-0.15, -0.1) is 0 Å². The molecule has 1 aromatic carbocycles. The average molecular weight is 524 g/mol. The molecule has 1 amide bonds. The van der Waals surface area contributed by atoms with Gasteiger partial charge in [-0.05, 0) is 56.0 Å². The van der Waals surface area contributed by atoms with E-state index in [-0.39, 0.29) is 29.3 Å². The minimum absolute atomic E-state index is 0.0976. The normalized spacial score (nSPS) is 14.7. The summed E-state index contributed by atoms with van der Waals surface area (Å²) in [5.74, 6) is -0.454. The highest BCUT2D eigenvalue weighted by Gasteiger charge is 2.32. The van der Waals surface area contributed by atoms with Gasteiger partial charge in [-0.25, -0.2) is 0 Å². The monoisotopic (exact) mass is 523 g/mol. The lowest BCUT2D eigenvalue weighted by molar-refractivity contribution is -0.137. The molecule has 1 N–H and O–H groups in total. The number of rotatable bonds is 9. The van der Waals surface area contributed by atoms with Gasteiger partial charge in [0.25, 0.3) is 11.5 Å². The van der Waals surface area contributed by atoms with Crippen molar-refractivity contribution in [2.24, 2.45) is 0 Å². The molecule has 186 valence electrons. The van der Waals surface area contributed by atoms with Crippen LogP contribution in [0.4, 0.5) is 0 Å². The van der Waals surface area contributed by atoms with E-state index in [1.54, 1.807) is 18.3 Å². The van der Waals surface area contributed by atoms with Crippen molar-refractivity contribution in [3.63, 3.8) is 0 Å². The number of carboxylic acids is 1. The second kappa shape index (κ2) is 11.0. The van der Waals surface area contributed by atoms with Crippen LogP contribution in [0.1, 0.15) is 42.4 Å². The third kappa shape index (κ3) is 5.50. The third-order valence-corrected chi connectivity index (χ3v) is 7.15. The van der Waals surface area contributed by atoms with Crippen molar-refractivity contribution in [1.29, 1.82) is 0 Å². The number of hydrogen-bond acceptors (Lipinski definition) is 7. The number of carbonyl (C=O) groups excluding carboxylic acids is 1. The molecule has 0 atom stereocenters. The number of hydrogen-bond donors (Lipinski definition) is 1. The molecule has 0 bridgehead atoms. The van der Waals surface area contributed by atoms with Crippen molar-refractivity contribution < 1.29 is 19.4 Å². The number of fused-ring (bicyclic) bond motifs is 1. The summed E-state index contributed by atoms with van der Waals surface area (Å²) in [5.41, 5.74) is 1.96. The zero-order chi connectivity index (χ0) is 25.8. The molecule has 0 spiro atoms. The van der Waals surface area contributed by atoms with Crippen LogP contribution in [0.15, 0.2) is 52.3 Å². The van der Waals surface area contributed by atoms with Crippen LogP contribution in [0.3, 0.4) is 0 Å². The number of nitrogens with zero attached hydrogens (tertiary/aromatic N) is 3. The van der Waals surface area contributed by atoms with Gasteiger partial charge < -0.3 is 9.84 Å². The summed E-state index contributed by atoms with van der Waals surface area (Å²) in [6.07, 6.45) is 5.08. The summed E-state index contributed by atoms with van der Waals surface area (Å²) in [6, 6.07) is 11.0. The standard InChI is InChI=1S/C26H25N3O5S2/c1-16-9-5-6-11-19(16)34-23-18(24(32)28-14-8-10-17(2)22(28)27-23)15-20-25(33)29(26(35)36-20)13-7-3-4-12-21(30)31/h5-6,8-11,14-15H,3-4,7,12-13H2,1-2H3,(H,30,31)/b20-15+. The van der Waals surface area contributed by atoms with Crippen molar-refractivity contribution in [2.75, 3.05) is 6.54 Å². The van der Waals surface area contributed by atoms with Gasteiger partial charge in [0, 0.05) is 19.2 Å². The number of unbranched alkanes of at least 4 members (excludes halogenated alkanes) is 2. The van der Waals surface area contributed by atoms with Gasteiger partial charge in [0.1, 0.15) is 21.3 Å². The molecule has 2 aromatic heterocycles. The molecule has 3 aromatic rings. The summed E-state index contributed by atoms with van der Waals surface area (Å²) in [7, 11) is 0. The fraction of sp³-hybridized carbons (Fsp3) is 0.269. The van der Waals surface area contributed by atoms with Crippen LogP contribution >= 0.6 is 24.0 Å². The molecule has 0 unspecified atom stereocenters. The van der Waals surface area contributed by atoms with Gasteiger partial charge in [-0.2, -0.15) is 4.98 Å². The number of pyridine rings is 1. The molecule has 10 heteroatoms. The highest BCUT2D eigenvalue weighted by Crippen LogP contribution is 2.34. The van der Waals surface area contributed by atoms with Gasteiger partial charge in [0.05, 0.1) is 4.91 Å². The third-order valence-electron chi connectivity index (χ3n) is 5.77. The molecule has 1 aliphatic heterocycles. The number of benzene rings is 1. The number of aromatic nitrogens is 2. The van der Waals surface area contributed by atoms with E-state index < -0.39 is 5.97 Å². The van der Waals surface area contributed by atoms with Crippen molar-refractivity contribution in [1.82, 2.24) is 14.3 Å². The van der Waals surface area contributed by atoms with Crippen molar-refractivity contribution in [3.8, 4) is 11.6 Å². The first-order chi connectivity index (χ1) is 17.3. The lowest BCUT2D eigenvalue weighted by Crippen LogP contribution is -2.29. The van der Waals surface area contributed by atoms with Gasteiger partial charge in [-0.3, -0.25) is 23.7 Å². The van der Waals surface area contributed by atoms with E-state index in [0.717, 1.165) is 22.9 Å². The highest BCUT2D eigenvalue weighted by molar-refractivity contribution is 8.26. The molecule has 3 heterocycles. The predicted octanol–water partition coefficient (Wildman–Crippen LogP) is 4.95. The maximum Gasteiger partial charge on any atom is 0.303 e. The Bertz CT molecular complexity index is 1450. The Morgan fingerprint density at radius 2 is 1.86 bits per heavy atom. The van der Waals surface area contributed by atoms with E-state index in [4.69, 9.17) is 22.1 Å².